The lowest BCUT2D eigenvalue weighted by molar-refractivity contribution is -0.141. The van der Waals surface area contributed by atoms with E-state index in [9.17, 15) is 32.4 Å². The average molecular weight is 756 g/mol. The number of carbonyl (C=O) groups excluding carboxylic acids is 5. The van der Waals surface area contributed by atoms with Gasteiger partial charge in [0, 0.05) is 24.4 Å². The standard InChI is InChI=1S/C37H49N5O10S/c1-8-23-19-37(23,34(46)41-53(48,49)27-10-11-27)40-31(44)30-18-26(51-32-28-12-9-25(50-7)16-22(28)13-14-38-32)20-42(30)33(45)29(17-24(43)15-21(2)3)39-35(47)52-36(4,5)6/h9,12-16,23,26-27,29-30H,8,10-11,17-20H2,1-7H3,(H,39,47)(H,40,44)(H,41,46)/t23-,26-,29+,30+,37-/m1/s1. The molecule has 2 aromatic rings. The minimum Gasteiger partial charge on any atom is -0.497 e. The van der Waals surface area contributed by atoms with Gasteiger partial charge in [0.05, 0.1) is 18.9 Å². The summed E-state index contributed by atoms with van der Waals surface area (Å²) < 4.78 is 44.7. The molecular weight excluding hydrogens is 706 g/mol. The Labute approximate surface area is 309 Å². The van der Waals surface area contributed by atoms with E-state index in [2.05, 4.69) is 20.3 Å². The molecule has 3 aliphatic rings. The number of nitrogens with one attached hydrogen (secondary N) is 3. The summed E-state index contributed by atoms with van der Waals surface area (Å²) in [6.45, 7) is 10.1. The molecule has 15 nitrogen and oxygen atoms in total. The summed E-state index contributed by atoms with van der Waals surface area (Å²) in [4.78, 5) is 73.8. The Morgan fingerprint density at radius 2 is 1.83 bits per heavy atom. The van der Waals surface area contributed by atoms with E-state index in [1.165, 1.54) is 11.0 Å². The quantitative estimate of drug-likeness (QED) is 0.239. The summed E-state index contributed by atoms with van der Waals surface area (Å²) in [5.74, 6) is -2.16. The molecule has 3 fully saturated rings. The number of aromatic nitrogens is 1. The fourth-order valence-corrected chi connectivity index (χ4v) is 7.97. The number of rotatable bonds is 14. The maximum Gasteiger partial charge on any atom is 0.408 e. The molecule has 0 radical (unpaired) electrons. The van der Waals surface area contributed by atoms with E-state index in [-0.39, 0.29) is 31.2 Å². The number of fused-ring (bicyclic) bond motifs is 1. The lowest BCUT2D eigenvalue weighted by Crippen LogP contribution is -2.58. The lowest BCUT2D eigenvalue weighted by Gasteiger charge is -2.30. The zero-order valence-corrected chi connectivity index (χ0v) is 32.0. The Morgan fingerprint density at radius 3 is 2.43 bits per heavy atom. The van der Waals surface area contributed by atoms with Crippen LogP contribution in [0, 0.1) is 5.92 Å². The summed E-state index contributed by atoms with van der Waals surface area (Å²) in [6, 6.07) is 4.48. The van der Waals surface area contributed by atoms with Crippen molar-refractivity contribution in [3.63, 3.8) is 0 Å². The molecule has 2 heterocycles. The van der Waals surface area contributed by atoms with Crippen molar-refractivity contribution in [1.29, 1.82) is 0 Å². The number of carbonyl (C=O) groups is 5. The third-order valence-electron chi connectivity index (χ3n) is 9.45. The number of hydrogen-bond acceptors (Lipinski definition) is 11. The van der Waals surface area contributed by atoms with E-state index in [1.54, 1.807) is 66.1 Å². The van der Waals surface area contributed by atoms with Gasteiger partial charge in [-0.2, -0.15) is 0 Å². The van der Waals surface area contributed by atoms with Crippen molar-refractivity contribution < 1.29 is 46.6 Å². The predicted octanol–water partition coefficient (Wildman–Crippen LogP) is 3.30. The van der Waals surface area contributed by atoms with Crippen molar-refractivity contribution in [3.8, 4) is 11.6 Å². The SMILES string of the molecule is CC[C@@H]1C[C@]1(NC(=O)[C@@H]1C[C@@H](Oc2nccc3cc(OC)ccc23)CN1C(=O)[C@H](CC(=O)C=C(C)C)NC(=O)OC(C)(C)C)C(=O)NS(=O)(=O)C1CC1. The second kappa shape index (κ2) is 15.3. The predicted molar refractivity (Wildman–Crippen MR) is 194 cm³/mol. The Balaban J connectivity index is 1.46. The lowest BCUT2D eigenvalue weighted by atomic mass is 10.1. The van der Waals surface area contributed by atoms with Gasteiger partial charge in [-0.3, -0.25) is 23.9 Å². The molecule has 5 atom stereocenters. The van der Waals surface area contributed by atoms with E-state index in [1.807, 2.05) is 13.0 Å². The summed E-state index contributed by atoms with van der Waals surface area (Å²) in [5.41, 5.74) is -1.72. The number of methoxy groups -OCH3 is 1. The van der Waals surface area contributed by atoms with Gasteiger partial charge in [0.15, 0.2) is 5.78 Å². The highest BCUT2D eigenvalue weighted by molar-refractivity contribution is 7.91. The number of hydrogen-bond donors (Lipinski definition) is 3. The molecule has 0 spiro atoms. The normalized spacial score (nSPS) is 23.0. The molecule has 5 rings (SSSR count). The number of amides is 4. The highest BCUT2D eigenvalue weighted by Crippen LogP contribution is 2.47. The molecule has 1 aliphatic heterocycles. The largest absolute Gasteiger partial charge is 0.497 e. The van der Waals surface area contributed by atoms with E-state index >= 15 is 0 Å². The van der Waals surface area contributed by atoms with Crippen LogP contribution in [0.4, 0.5) is 4.79 Å². The van der Waals surface area contributed by atoms with Crippen LogP contribution >= 0.6 is 0 Å². The van der Waals surface area contributed by atoms with E-state index < -0.39 is 80.6 Å². The van der Waals surface area contributed by atoms with Crippen molar-refractivity contribution in [1.82, 2.24) is 25.2 Å². The molecule has 0 unspecified atom stereocenters. The molecule has 53 heavy (non-hydrogen) atoms. The molecule has 16 heteroatoms. The summed E-state index contributed by atoms with van der Waals surface area (Å²) in [7, 11) is -2.35. The first-order valence-corrected chi connectivity index (χ1v) is 19.4. The monoisotopic (exact) mass is 755 g/mol. The van der Waals surface area contributed by atoms with Gasteiger partial charge in [0.1, 0.15) is 35.1 Å². The van der Waals surface area contributed by atoms with Crippen LogP contribution in [0.3, 0.4) is 0 Å². The molecule has 3 N–H and O–H groups in total. The number of sulfonamides is 1. The van der Waals surface area contributed by atoms with Crippen molar-refractivity contribution in [2.24, 2.45) is 5.92 Å². The van der Waals surface area contributed by atoms with Crippen molar-refractivity contribution in [2.75, 3.05) is 13.7 Å². The molecule has 288 valence electrons. The number of allylic oxidation sites excluding steroid dienone is 2. The summed E-state index contributed by atoms with van der Waals surface area (Å²) in [5, 5.41) is 6.11. The first kappa shape index (κ1) is 39.5. The van der Waals surface area contributed by atoms with Crippen molar-refractivity contribution >= 4 is 50.4 Å². The molecule has 1 aromatic heterocycles. The van der Waals surface area contributed by atoms with Gasteiger partial charge in [-0.25, -0.2) is 18.2 Å². The van der Waals surface area contributed by atoms with Crippen LogP contribution in [0.1, 0.15) is 80.1 Å². The van der Waals surface area contributed by atoms with Gasteiger partial charge in [-0.05, 0) is 95.5 Å². The fourth-order valence-electron chi connectivity index (χ4n) is 6.61. The van der Waals surface area contributed by atoms with Crippen LogP contribution in [0.5, 0.6) is 11.6 Å². The number of benzene rings is 1. The fraction of sp³-hybridized carbons (Fsp3) is 0.568. The van der Waals surface area contributed by atoms with Crippen LogP contribution in [0.2, 0.25) is 0 Å². The van der Waals surface area contributed by atoms with E-state index in [4.69, 9.17) is 14.2 Å². The number of pyridine rings is 1. The molecule has 1 saturated heterocycles. The van der Waals surface area contributed by atoms with E-state index in [0.29, 0.717) is 36.0 Å². The first-order valence-electron chi connectivity index (χ1n) is 17.8. The van der Waals surface area contributed by atoms with Crippen LogP contribution in [0.15, 0.2) is 42.1 Å². The average Bonchev–Trinajstić information content (AvgIpc) is 3.99. The maximum atomic E-state index is 14.4. The number of ether oxygens (including phenoxy) is 3. The second-order valence-corrected chi connectivity index (χ2v) is 17.2. The number of alkyl carbamates (subject to hydrolysis) is 1. The Bertz CT molecular complexity index is 1920. The molecular formula is C37H49N5O10S. The molecule has 0 bridgehead atoms. The Hall–Kier alpha value is -4.73. The number of nitrogens with zero attached hydrogens (tertiary/aromatic N) is 2. The second-order valence-electron chi connectivity index (χ2n) is 15.2. The van der Waals surface area contributed by atoms with Crippen molar-refractivity contribution in [2.45, 2.75) is 115 Å². The molecule has 2 saturated carbocycles. The summed E-state index contributed by atoms with van der Waals surface area (Å²) in [6.07, 6.45) is 2.34. The molecule has 4 amide bonds. The number of likely N-dealkylation sites (tertiary alicyclic amines) is 1. The summed E-state index contributed by atoms with van der Waals surface area (Å²) >= 11 is 0. The first-order chi connectivity index (χ1) is 24.9. The van der Waals surface area contributed by atoms with Gasteiger partial charge >= 0.3 is 6.09 Å². The Morgan fingerprint density at radius 1 is 1.11 bits per heavy atom. The van der Waals surface area contributed by atoms with E-state index in [0.717, 1.165) is 5.39 Å². The van der Waals surface area contributed by atoms with Gasteiger partial charge in [0.2, 0.25) is 27.7 Å². The maximum absolute atomic E-state index is 14.4. The highest BCUT2D eigenvalue weighted by atomic mass is 32.2. The number of ketones is 1. The van der Waals surface area contributed by atoms with Gasteiger partial charge in [0.25, 0.3) is 5.91 Å². The van der Waals surface area contributed by atoms with Crippen LogP contribution in [0.25, 0.3) is 10.8 Å². The third kappa shape index (κ3) is 9.45. The minimum atomic E-state index is -3.90. The zero-order chi connectivity index (χ0) is 38.9. The minimum absolute atomic E-state index is 0.0399. The van der Waals surface area contributed by atoms with Crippen LogP contribution in [-0.4, -0.2) is 96.1 Å². The highest BCUT2D eigenvalue weighted by Gasteiger charge is 2.62. The smallest absolute Gasteiger partial charge is 0.408 e. The topological polar surface area (TPSA) is 199 Å². The van der Waals surface area contributed by atoms with Crippen LogP contribution in [-0.2, 0) is 33.9 Å². The van der Waals surface area contributed by atoms with Gasteiger partial charge in [-0.15, -0.1) is 0 Å². The van der Waals surface area contributed by atoms with Gasteiger partial charge < -0.3 is 29.7 Å². The van der Waals surface area contributed by atoms with Crippen LogP contribution < -0.4 is 24.8 Å². The van der Waals surface area contributed by atoms with Gasteiger partial charge in [-0.1, -0.05) is 18.9 Å². The zero-order valence-electron chi connectivity index (χ0n) is 31.2. The molecule has 2 aliphatic carbocycles. The third-order valence-corrected chi connectivity index (χ3v) is 11.3. The molecule has 1 aromatic carbocycles. The Kier molecular flexibility index (Phi) is 11.4. The van der Waals surface area contributed by atoms with Crippen molar-refractivity contribution in [3.05, 3.63) is 42.1 Å².